The quantitative estimate of drug-likeness (QED) is 0.0572. The van der Waals surface area contributed by atoms with Crippen LogP contribution < -0.4 is 14.8 Å². The Bertz CT molecular complexity index is 1890. The first kappa shape index (κ1) is 34.5. The number of imidazole rings is 1. The molecule has 0 amide bonds. The highest BCUT2D eigenvalue weighted by Crippen LogP contribution is 2.43. The van der Waals surface area contributed by atoms with Gasteiger partial charge in [0.05, 0.1) is 32.7 Å². The molecule has 13 nitrogen and oxygen atoms in total. The van der Waals surface area contributed by atoms with E-state index in [1.807, 2.05) is 78.9 Å². The van der Waals surface area contributed by atoms with Gasteiger partial charge in [-0.2, -0.15) is 8.78 Å². The van der Waals surface area contributed by atoms with Crippen molar-refractivity contribution in [1.82, 2.24) is 19.5 Å². The summed E-state index contributed by atoms with van der Waals surface area (Å²) in [6.45, 7) is 0.796. The second-order valence-electron chi connectivity index (χ2n) is 11.6. The lowest BCUT2D eigenvalue weighted by atomic mass is 9.77. The van der Waals surface area contributed by atoms with Crippen LogP contribution in [0.5, 0.6) is 11.5 Å². The average molecular weight is 687 g/mol. The van der Waals surface area contributed by atoms with Crippen molar-refractivity contribution in [2.45, 2.75) is 49.5 Å². The standard InChI is InChI=1S/C35H36F2N8O5/c1-5-27-28(43-44-38)30(50-34(36,37)19-46-2)33(49-27)45-21-41-29-31(39-20-40-32(29)45)42-35(22-9-7-6-8-10-22,23-11-15-25(47-3)16-12-23)24-13-17-26(48-4)18-14-24/h6-18,20-21,27-28,30,33H,5,19H2,1-4H3,(H,39,40,42)/t27-,28-,30-,33-/m1/s1. The van der Waals surface area contributed by atoms with E-state index in [9.17, 15) is 14.3 Å². The van der Waals surface area contributed by atoms with Gasteiger partial charge < -0.3 is 29.0 Å². The van der Waals surface area contributed by atoms with Crippen LogP contribution in [-0.2, 0) is 19.7 Å². The Morgan fingerprint density at radius 2 is 1.52 bits per heavy atom. The van der Waals surface area contributed by atoms with E-state index >= 15 is 0 Å². The summed E-state index contributed by atoms with van der Waals surface area (Å²) in [5, 5.41) is 7.49. The number of hydrogen-bond acceptors (Lipinski definition) is 10. The zero-order chi connectivity index (χ0) is 35.3. The van der Waals surface area contributed by atoms with Crippen molar-refractivity contribution < 1.29 is 32.5 Å². The molecule has 1 saturated heterocycles. The van der Waals surface area contributed by atoms with Crippen molar-refractivity contribution in [3.05, 3.63) is 119 Å². The van der Waals surface area contributed by atoms with Crippen molar-refractivity contribution >= 4 is 17.0 Å². The highest BCUT2D eigenvalue weighted by atomic mass is 19.3. The Morgan fingerprint density at radius 1 is 0.900 bits per heavy atom. The molecule has 5 aromatic rings. The first-order valence-corrected chi connectivity index (χ1v) is 15.8. The molecule has 3 aromatic carbocycles. The molecule has 0 unspecified atom stereocenters. The Balaban J connectivity index is 1.51. The molecular formula is C35H36F2N8O5. The molecule has 6 rings (SSSR count). The van der Waals surface area contributed by atoms with Crippen molar-refractivity contribution in [1.29, 1.82) is 0 Å². The number of rotatable bonds is 14. The molecular weight excluding hydrogens is 650 g/mol. The molecule has 15 heteroatoms. The zero-order valence-corrected chi connectivity index (χ0v) is 27.8. The van der Waals surface area contributed by atoms with Gasteiger partial charge in [0, 0.05) is 12.0 Å². The van der Waals surface area contributed by atoms with Crippen LogP contribution in [0.4, 0.5) is 14.6 Å². The van der Waals surface area contributed by atoms with Crippen LogP contribution >= 0.6 is 0 Å². The molecule has 0 bridgehead atoms. The lowest BCUT2D eigenvalue weighted by Gasteiger charge is -2.37. The number of nitrogens with zero attached hydrogens (tertiary/aromatic N) is 7. The molecule has 3 heterocycles. The molecule has 4 atom stereocenters. The number of anilines is 1. The maximum absolute atomic E-state index is 14.9. The molecule has 1 aliphatic rings. The van der Waals surface area contributed by atoms with E-state index in [2.05, 4.69) is 35.0 Å². The van der Waals surface area contributed by atoms with E-state index < -0.39 is 42.7 Å². The summed E-state index contributed by atoms with van der Waals surface area (Å²) >= 11 is 0. The van der Waals surface area contributed by atoms with Crippen LogP contribution in [0.3, 0.4) is 0 Å². The molecule has 50 heavy (non-hydrogen) atoms. The third-order valence-electron chi connectivity index (χ3n) is 8.71. The summed E-state index contributed by atoms with van der Waals surface area (Å²) < 4.78 is 58.3. The van der Waals surface area contributed by atoms with Crippen LogP contribution in [0.25, 0.3) is 21.6 Å². The molecule has 0 radical (unpaired) electrons. The third kappa shape index (κ3) is 6.51. The molecule has 1 N–H and O–H groups in total. The summed E-state index contributed by atoms with van der Waals surface area (Å²) in [5.74, 6) is 1.72. The molecule has 1 fully saturated rings. The number of azide groups is 1. The Labute approximate surface area is 286 Å². The van der Waals surface area contributed by atoms with Gasteiger partial charge in [0.2, 0.25) is 0 Å². The number of hydrogen-bond donors (Lipinski definition) is 1. The van der Waals surface area contributed by atoms with Gasteiger partial charge in [0.1, 0.15) is 36.1 Å². The Morgan fingerprint density at radius 3 is 2.08 bits per heavy atom. The van der Waals surface area contributed by atoms with E-state index in [1.54, 1.807) is 21.1 Å². The topological polar surface area (TPSA) is 151 Å². The van der Waals surface area contributed by atoms with Gasteiger partial charge in [0.15, 0.2) is 23.2 Å². The summed E-state index contributed by atoms with van der Waals surface area (Å²) in [5.41, 5.74) is 11.5. The minimum atomic E-state index is -3.70. The normalized spacial score (nSPS) is 19.2. The summed E-state index contributed by atoms with van der Waals surface area (Å²) in [4.78, 5) is 16.7. The van der Waals surface area contributed by atoms with Crippen LogP contribution in [0.1, 0.15) is 36.3 Å². The highest BCUT2D eigenvalue weighted by Gasteiger charge is 2.50. The van der Waals surface area contributed by atoms with Gasteiger partial charge in [-0.25, -0.2) is 15.0 Å². The van der Waals surface area contributed by atoms with Crippen molar-refractivity contribution in [3.8, 4) is 11.5 Å². The minimum Gasteiger partial charge on any atom is -0.497 e. The predicted molar refractivity (Wildman–Crippen MR) is 180 cm³/mol. The molecule has 260 valence electrons. The predicted octanol–water partition coefficient (Wildman–Crippen LogP) is 6.86. The van der Waals surface area contributed by atoms with E-state index in [4.69, 9.17) is 18.9 Å². The lowest BCUT2D eigenvalue weighted by Crippen LogP contribution is -2.40. The van der Waals surface area contributed by atoms with Gasteiger partial charge in [-0.3, -0.25) is 4.57 Å². The zero-order valence-electron chi connectivity index (χ0n) is 27.8. The van der Waals surface area contributed by atoms with E-state index in [0.29, 0.717) is 29.3 Å². The van der Waals surface area contributed by atoms with Crippen molar-refractivity contribution in [2.24, 2.45) is 5.11 Å². The number of halogens is 2. The minimum absolute atomic E-state index is 0.277. The SMILES string of the molecule is CC[C@H]1O[C@@H](n2cnc3c(NC(c4ccccc4)(c4ccc(OC)cc4)c4ccc(OC)cc4)ncnc32)[C@H](OC(F)(F)COC)[C@@H]1N=[N+]=[N-]. The number of benzene rings is 3. The number of ether oxygens (including phenoxy) is 5. The number of fused-ring (bicyclic) bond motifs is 1. The van der Waals surface area contributed by atoms with Gasteiger partial charge in [-0.1, -0.05) is 66.6 Å². The van der Waals surface area contributed by atoms with Gasteiger partial charge in [0.25, 0.3) is 0 Å². The number of alkyl halides is 2. The molecule has 0 spiro atoms. The average Bonchev–Trinajstić information content (AvgIpc) is 3.72. The fourth-order valence-corrected chi connectivity index (χ4v) is 6.40. The van der Waals surface area contributed by atoms with E-state index in [1.165, 1.54) is 17.2 Å². The monoisotopic (exact) mass is 686 g/mol. The second-order valence-corrected chi connectivity index (χ2v) is 11.6. The summed E-state index contributed by atoms with van der Waals surface area (Å²) in [7, 11) is 4.35. The van der Waals surface area contributed by atoms with Gasteiger partial charge in [-0.15, -0.1) is 0 Å². The molecule has 2 aromatic heterocycles. The van der Waals surface area contributed by atoms with Gasteiger partial charge >= 0.3 is 6.11 Å². The van der Waals surface area contributed by atoms with E-state index in [0.717, 1.165) is 23.8 Å². The maximum Gasteiger partial charge on any atom is 0.379 e. The highest BCUT2D eigenvalue weighted by molar-refractivity contribution is 5.84. The van der Waals surface area contributed by atoms with Crippen LogP contribution in [-0.4, -0.2) is 71.8 Å². The number of aromatic nitrogens is 4. The summed E-state index contributed by atoms with van der Waals surface area (Å²) in [6, 6.07) is 24.2. The molecule has 1 aliphatic heterocycles. The van der Waals surface area contributed by atoms with Crippen LogP contribution in [0, 0.1) is 0 Å². The maximum atomic E-state index is 14.9. The first-order valence-electron chi connectivity index (χ1n) is 15.8. The summed E-state index contributed by atoms with van der Waals surface area (Å²) in [6.07, 6.45) is -3.83. The Kier molecular flexibility index (Phi) is 10.1. The first-order chi connectivity index (χ1) is 24.3. The lowest BCUT2D eigenvalue weighted by molar-refractivity contribution is -0.293. The van der Waals surface area contributed by atoms with Gasteiger partial charge in [-0.05, 0) is 52.9 Å². The molecule has 0 aliphatic carbocycles. The Hall–Kier alpha value is -5.34. The number of methoxy groups -OCH3 is 3. The van der Waals surface area contributed by atoms with E-state index in [-0.39, 0.29) is 5.65 Å². The van der Waals surface area contributed by atoms with Crippen molar-refractivity contribution in [3.63, 3.8) is 0 Å². The third-order valence-corrected chi connectivity index (χ3v) is 8.71. The fourth-order valence-electron chi connectivity index (χ4n) is 6.40. The fraction of sp³-hybridized carbons (Fsp3) is 0.343. The second kappa shape index (κ2) is 14.6. The largest absolute Gasteiger partial charge is 0.497 e. The van der Waals surface area contributed by atoms with Crippen molar-refractivity contribution in [2.75, 3.05) is 33.3 Å². The van der Waals surface area contributed by atoms with Crippen LogP contribution in [0.2, 0.25) is 0 Å². The molecule has 0 saturated carbocycles. The number of nitrogens with one attached hydrogen (secondary N) is 1. The van der Waals surface area contributed by atoms with Crippen LogP contribution in [0.15, 0.2) is 96.6 Å². The smallest absolute Gasteiger partial charge is 0.379 e.